The Balaban J connectivity index is 1.27. The maximum absolute atomic E-state index is 13.1. The van der Waals surface area contributed by atoms with Crippen LogP contribution in [0.4, 0.5) is 0 Å². The van der Waals surface area contributed by atoms with E-state index in [0.29, 0.717) is 18.9 Å². The van der Waals surface area contributed by atoms with Crippen LogP contribution in [0.3, 0.4) is 0 Å². The van der Waals surface area contributed by atoms with Gasteiger partial charge in [-0.3, -0.25) is 9.59 Å². The molecule has 1 atom stereocenters. The molecule has 2 aromatic rings. The molecular formula is C26H32N2O2. The molecule has 30 heavy (non-hydrogen) atoms. The van der Waals surface area contributed by atoms with Crippen molar-refractivity contribution in [3.05, 3.63) is 71.8 Å². The molecule has 2 heterocycles. The Bertz CT molecular complexity index is 829. The van der Waals surface area contributed by atoms with Gasteiger partial charge in [-0.1, -0.05) is 60.7 Å². The SMILES string of the molecule is O=C(Cc1ccccc1)N1CCCC(C(=O)N2CCC(Cc3ccccc3)CC2)C1. The maximum atomic E-state index is 13.1. The quantitative estimate of drug-likeness (QED) is 0.757. The van der Waals surface area contributed by atoms with Crippen molar-refractivity contribution >= 4 is 11.8 Å². The predicted octanol–water partition coefficient (Wildman–Crippen LogP) is 3.95. The maximum Gasteiger partial charge on any atom is 0.227 e. The fraction of sp³-hybridized carbons (Fsp3) is 0.462. The molecule has 2 amide bonds. The highest BCUT2D eigenvalue weighted by Crippen LogP contribution is 2.25. The second-order valence-electron chi connectivity index (χ2n) is 8.80. The Morgan fingerprint density at radius 1 is 0.767 bits per heavy atom. The first-order valence-corrected chi connectivity index (χ1v) is 11.3. The van der Waals surface area contributed by atoms with Crippen molar-refractivity contribution in [1.82, 2.24) is 9.80 Å². The largest absolute Gasteiger partial charge is 0.342 e. The van der Waals surface area contributed by atoms with Crippen LogP contribution in [0.2, 0.25) is 0 Å². The summed E-state index contributed by atoms with van der Waals surface area (Å²) in [6, 6.07) is 20.5. The van der Waals surface area contributed by atoms with Gasteiger partial charge in [-0.2, -0.15) is 0 Å². The highest BCUT2D eigenvalue weighted by Gasteiger charge is 2.32. The lowest BCUT2D eigenvalue weighted by molar-refractivity contribution is -0.141. The van der Waals surface area contributed by atoms with Crippen LogP contribution >= 0.6 is 0 Å². The number of carbonyl (C=O) groups is 2. The number of carbonyl (C=O) groups excluding carboxylic acids is 2. The van der Waals surface area contributed by atoms with E-state index in [0.717, 1.165) is 57.3 Å². The van der Waals surface area contributed by atoms with Crippen LogP contribution in [-0.4, -0.2) is 47.8 Å². The molecule has 0 bridgehead atoms. The lowest BCUT2D eigenvalue weighted by Gasteiger charge is -2.38. The third-order valence-corrected chi connectivity index (χ3v) is 6.61. The van der Waals surface area contributed by atoms with E-state index in [4.69, 9.17) is 0 Å². The average Bonchev–Trinajstić information content (AvgIpc) is 2.80. The molecule has 2 saturated heterocycles. The molecule has 0 saturated carbocycles. The first-order chi connectivity index (χ1) is 14.7. The molecule has 2 fully saturated rings. The fourth-order valence-corrected chi connectivity index (χ4v) is 4.85. The summed E-state index contributed by atoms with van der Waals surface area (Å²) < 4.78 is 0. The summed E-state index contributed by atoms with van der Waals surface area (Å²) in [5, 5.41) is 0. The van der Waals surface area contributed by atoms with Gasteiger partial charge in [-0.05, 0) is 49.1 Å². The van der Waals surface area contributed by atoms with Gasteiger partial charge in [-0.25, -0.2) is 0 Å². The molecule has 0 radical (unpaired) electrons. The van der Waals surface area contributed by atoms with Gasteiger partial charge < -0.3 is 9.80 Å². The summed E-state index contributed by atoms with van der Waals surface area (Å²) >= 11 is 0. The van der Waals surface area contributed by atoms with Gasteiger partial charge in [0.15, 0.2) is 0 Å². The number of benzene rings is 2. The topological polar surface area (TPSA) is 40.6 Å². The van der Waals surface area contributed by atoms with Gasteiger partial charge in [0.05, 0.1) is 12.3 Å². The third kappa shape index (κ3) is 5.29. The summed E-state index contributed by atoms with van der Waals surface area (Å²) in [6.07, 6.45) is 5.49. The van der Waals surface area contributed by atoms with E-state index in [2.05, 4.69) is 35.2 Å². The van der Waals surface area contributed by atoms with Gasteiger partial charge in [0, 0.05) is 26.2 Å². The molecule has 0 aliphatic carbocycles. The van der Waals surface area contributed by atoms with Crippen molar-refractivity contribution in [3.63, 3.8) is 0 Å². The van der Waals surface area contributed by atoms with Crippen LogP contribution in [0.5, 0.6) is 0 Å². The van der Waals surface area contributed by atoms with Gasteiger partial charge in [-0.15, -0.1) is 0 Å². The monoisotopic (exact) mass is 404 g/mol. The van der Waals surface area contributed by atoms with E-state index in [1.807, 2.05) is 35.2 Å². The number of hydrogen-bond acceptors (Lipinski definition) is 2. The minimum Gasteiger partial charge on any atom is -0.342 e. The predicted molar refractivity (Wildman–Crippen MR) is 119 cm³/mol. The molecule has 2 aromatic carbocycles. The molecule has 0 aromatic heterocycles. The molecule has 4 rings (SSSR count). The second kappa shape index (κ2) is 9.92. The second-order valence-corrected chi connectivity index (χ2v) is 8.80. The van der Waals surface area contributed by atoms with Gasteiger partial charge in [0.1, 0.15) is 0 Å². The molecule has 1 unspecified atom stereocenters. The Labute approximate surface area is 179 Å². The van der Waals surface area contributed by atoms with E-state index in [-0.39, 0.29) is 17.7 Å². The number of likely N-dealkylation sites (tertiary alicyclic amines) is 2. The summed E-state index contributed by atoms with van der Waals surface area (Å²) in [5.74, 6) is 1.02. The average molecular weight is 405 g/mol. The van der Waals surface area contributed by atoms with Crippen LogP contribution in [0.1, 0.15) is 36.8 Å². The van der Waals surface area contributed by atoms with Crippen molar-refractivity contribution in [2.75, 3.05) is 26.2 Å². The molecule has 0 spiro atoms. The van der Waals surface area contributed by atoms with Crippen molar-refractivity contribution in [3.8, 4) is 0 Å². The van der Waals surface area contributed by atoms with Crippen molar-refractivity contribution in [2.24, 2.45) is 11.8 Å². The zero-order valence-electron chi connectivity index (χ0n) is 17.7. The minimum atomic E-state index is -0.0378. The van der Waals surface area contributed by atoms with E-state index in [1.165, 1.54) is 5.56 Å². The molecular weight excluding hydrogens is 372 g/mol. The number of rotatable bonds is 5. The summed E-state index contributed by atoms with van der Waals surface area (Å²) in [4.78, 5) is 29.8. The molecule has 2 aliphatic rings. The highest BCUT2D eigenvalue weighted by atomic mass is 16.2. The molecule has 4 heteroatoms. The summed E-state index contributed by atoms with van der Waals surface area (Å²) in [6.45, 7) is 3.05. The zero-order chi connectivity index (χ0) is 20.8. The molecule has 2 aliphatic heterocycles. The lowest BCUT2D eigenvalue weighted by atomic mass is 9.89. The van der Waals surface area contributed by atoms with E-state index < -0.39 is 0 Å². The molecule has 4 nitrogen and oxygen atoms in total. The Kier molecular flexibility index (Phi) is 6.83. The molecule has 0 N–H and O–H groups in total. The summed E-state index contributed by atoms with van der Waals surface area (Å²) in [5.41, 5.74) is 2.43. The number of nitrogens with zero attached hydrogens (tertiary/aromatic N) is 2. The van der Waals surface area contributed by atoms with Crippen LogP contribution in [0.15, 0.2) is 60.7 Å². The fourth-order valence-electron chi connectivity index (χ4n) is 4.85. The van der Waals surface area contributed by atoms with Crippen molar-refractivity contribution in [2.45, 2.75) is 38.5 Å². The Morgan fingerprint density at radius 3 is 2.07 bits per heavy atom. The first kappa shape index (κ1) is 20.6. The smallest absolute Gasteiger partial charge is 0.227 e. The van der Waals surface area contributed by atoms with Crippen molar-refractivity contribution < 1.29 is 9.59 Å². The Hall–Kier alpha value is -2.62. The van der Waals surface area contributed by atoms with E-state index >= 15 is 0 Å². The summed E-state index contributed by atoms with van der Waals surface area (Å²) in [7, 11) is 0. The van der Waals surface area contributed by atoms with Crippen molar-refractivity contribution in [1.29, 1.82) is 0 Å². The highest BCUT2D eigenvalue weighted by molar-refractivity contribution is 5.82. The van der Waals surface area contributed by atoms with E-state index in [1.54, 1.807) is 0 Å². The molecule has 158 valence electrons. The van der Waals surface area contributed by atoms with Crippen LogP contribution in [0, 0.1) is 11.8 Å². The van der Waals surface area contributed by atoms with E-state index in [9.17, 15) is 9.59 Å². The number of amides is 2. The Morgan fingerprint density at radius 2 is 1.40 bits per heavy atom. The number of piperidine rings is 2. The standard InChI is InChI=1S/C26H32N2O2/c29-25(19-22-10-5-2-6-11-22)28-15-7-12-24(20-28)26(30)27-16-13-23(14-17-27)18-21-8-3-1-4-9-21/h1-6,8-11,23-24H,7,12-20H2. The first-order valence-electron chi connectivity index (χ1n) is 11.3. The lowest BCUT2D eigenvalue weighted by Crippen LogP contribution is -2.49. The van der Waals surface area contributed by atoms with Crippen LogP contribution in [-0.2, 0) is 22.4 Å². The van der Waals surface area contributed by atoms with Gasteiger partial charge >= 0.3 is 0 Å². The zero-order valence-corrected chi connectivity index (χ0v) is 17.7. The van der Waals surface area contributed by atoms with Gasteiger partial charge in [0.25, 0.3) is 0 Å². The third-order valence-electron chi connectivity index (χ3n) is 6.61. The normalized spacial score (nSPS) is 20.2. The van der Waals surface area contributed by atoms with Gasteiger partial charge in [0.2, 0.25) is 11.8 Å². The van der Waals surface area contributed by atoms with Crippen LogP contribution in [0.25, 0.3) is 0 Å². The van der Waals surface area contributed by atoms with Crippen LogP contribution < -0.4 is 0 Å². The number of hydrogen-bond donors (Lipinski definition) is 0. The minimum absolute atomic E-state index is 0.0378.